The van der Waals surface area contributed by atoms with Gasteiger partial charge in [-0.2, -0.15) is 0 Å². The molecule has 10 heteroatoms. The van der Waals surface area contributed by atoms with E-state index in [1.807, 2.05) is 32.2 Å². The van der Waals surface area contributed by atoms with E-state index in [9.17, 15) is 15.0 Å². The predicted molar refractivity (Wildman–Crippen MR) is 156 cm³/mol. The van der Waals surface area contributed by atoms with Crippen LogP contribution in [0.3, 0.4) is 0 Å². The lowest BCUT2D eigenvalue weighted by Gasteiger charge is -2.32. The van der Waals surface area contributed by atoms with Crippen molar-refractivity contribution in [3.8, 4) is 11.6 Å². The molecule has 2 aromatic carbocycles. The number of thiophene rings is 1. The molecule has 0 bridgehead atoms. The zero-order chi connectivity index (χ0) is 28.5. The molecule has 5 aromatic rings. The molecule has 4 heterocycles. The number of aryl methyl sites for hydroxylation is 2. The number of pyridine rings is 1. The first-order valence-corrected chi connectivity index (χ1v) is 14.7. The van der Waals surface area contributed by atoms with Gasteiger partial charge < -0.3 is 14.9 Å². The number of aromatic hydroxyl groups is 1. The Kier molecular flexibility index (Phi) is 6.02. The molecule has 3 aromatic heterocycles. The van der Waals surface area contributed by atoms with Gasteiger partial charge in [-0.15, -0.1) is 16.4 Å². The van der Waals surface area contributed by atoms with Crippen LogP contribution in [0.15, 0.2) is 47.8 Å². The number of carbonyl (C=O) groups is 1. The quantitative estimate of drug-likeness (QED) is 0.275. The Morgan fingerprint density at radius 2 is 2.05 bits per heavy atom. The highest BCUT2D eigenvalue weighted by Crippen LogP contribution is 2.49. The second kappa shape index (κ2) is 9.53. The lowest BCUT2D eigenvalue weighted by molar-refractivity contribution is -0.137. The van der Waals surface area contributed by atoms with Gasteiger partial charge in [-0.1, -0.05) is 17.3 Å². The smallest absolute Gasteiger partial charge is 0.304 e. The number of hydrogen-bond acceptors (Lipinski definition) is 8. The van der Waals surface area contributed by atoms with E-state index in [1.165, 1.54) is 4.70 Å². The summed E-state index contributed by atoms with van der Waals surface area (Å²) >= 11 is 1.70. The van der Waals surface area contributed by atoms with Crippen molar-refractivity contribution in [3.63, 3.8) is 0 Å². The lowest BCUT2D eigenvalue weighted by atomic mass is 9.84. The number of nitrogens with zero attached hydrogens (tertiary/aromatic N) is 5. The molecular weight excluding hydrogens is 538 g/mol. The second-order valence-corrected chi connectivity index (χ2v) is 12.3. The zero-order valence-corrected chi connectivity index (χ0v) is 24.0. The minimum Gasteiger partial charge on any atom is -0.493 e. The van der Waals surface area contributed by atoms with Crippen molar-refractivity contribution >= 4 is 38.4 Å². The third kappa shape index (κ3) is 4.42. The molecule has 2 N–H and O–H groups in total. The summed E-state index contributed by atoms with van der Waals surface area (Å²) < 4.78 is 9.41. The van der Waals surface area contributed by atoms with E-state index in [2.05, 4.69) is 50.7 Å². The molecule has 0 radical (unpaired) electrons. The van der Waals surface area contributed by atoms with Gasteiger partial charge in [-0.25, -0.2) is 9.67 Å². The number of aliphatic carboxylic acids is 1. The van der Waals surface area contributed by atoms with Gasteiger partial charge >= 0.3 is 5.97 Å². The number of benzene rings is 2. The molecule has 2 aliphatic rings. The monoisotopic (exact) mass is 569 g/mol. The van der Waals surface area contributed by atoms with Crippen LogP contribution in [0.25, 0.3) is 21.1 Å². The average molecular weight is 570 g/mol. The van der Waals surface area contributed by atoms with Crippen molar-refractivity contribution in [3.05, 3.63) is 75.8 Å². The Hall–Kier alpha value is -4.02. The fraction of sp³-hybridized carbons (Fsp3) is 0.355. The number of carboxylic acids is 1. The standard InChI is InChI=1S/C31H31N5O4S/c1-17-22(4-5-25-29(17)33-34-35(25)3)23(14-28(38)39)20-12-19-8-11-41-30(19)21(13-20)15-36-16-24-26(6-7-27(37)32-24)40-31(9-10-31)18(36)2/h4-8,11-13,18,23H,9-10,14-16H2,1-3H3,(H,32,37)(H,38,39)/t18-,23?/m0/s1. The van der Waals surface area contributed by atoms with E-state index < -0.39 is 5.97 Å². The minimum atomic E-state index is -0.850. The first-order valence-electron chi connectivity index (χ1n) is 13.8. The Labute approximate surface area is 241 Å². The maximum atomic E-state index is 12.2. The van der Waals surface area contributed by atoms with Crippen LogP contribution in [-0.4, -0.2) is 52.7 Å². The van der Waals surface area contributed by atoms with Crippen LogP contribution in [0.1, 0.15) is 60.1 Å². The molecule has 1 fully saturated rings. The number of carboxylic acid groups (broad SMARTS) is 1. The van der Waals surface area contributed by atoms with Gasteiger partial charge in [0.2, 0.25) is 5.88 Å². The van der Waals surface area contributed by atoms with Crippen molar-refractivity contribution in [1.82, 2.24) is 24.9 Å². The van der Waals surface area contributed by atoms with Crippen LogP contribution in [0, 0.1) is 6.92 Å². The topological polar surface area (TPSA) is 114 Å². The van der Waals surface area contributed by atoms with Crippen molar-refractivity contribution < 1.29 is 19.7 Å². The Balaban J connectivity index is 1.32. The fourth-order valence-corrected chi connectivity index (χ4v) is 7.30. The first kappa shape index (κ1) is 25.9. The number of fused-ring (bicyclic) bond motifs is 3. The molecule has 1 spiro atoms. The molecule has 1 unspecified atom stereocenters. The molecule has 41 heavy (non-hydrogen) atoms. The molecule has 1 aliphatic carbocycles. The number of ether oxygens (including phenoxy) is 1. The van der Waals surface area contributed by atoms with Gasteiger partial charge in [0.1, 0.15) is 22.6 Å². The predicted octanol–water partition coefficient (Wildman–Crippen LogP) is 5.51. The van der Waals surface area contributed by atoms with Crippen molar-refractivity contribution in [2.24, 2.45) is 7.05 Å². The minimum absolute atomic E-state index is 0.0127. The maximum Gasteiger partial charge on any atom is 0.304 e. The van der Waals surface area contributed by atoms with Gasteiger partial charge in [0.15, 0.2) is 0 Å². The molecular formula is C31H31N5O4S. The van der Waals surface area contributed by atoms with Crippen LogP contribution in [-0.2, 0) is 24.9 Å². The zero-order valence-electron chi connectivity index (χ0n) is 23.2. The summed E-state index contributed by atoms with van der Waals surface area (Å²) in [6.07, 6.45) is 1.92. The first-order chi connectivity index (χ1) is 19.7. The highest BCUT2D eigenvalue weighted by molar-refractivity contribution is 7.17. The van der Waals surface area contributed by atoms with Crippen molar-refractivity contribution in [1.29, 1.82) is 0 Å². The third-order valence-corrected chi connectivity index (χ3v) is 9.90. The fourth-order valence-electron chi connectivity index (χ4n) is 6.41. The molecule has 0 saturated heterocycles. The van der Waals surface area contributed by atoms with E-state index in [-0.39, 0.29) is 29.9 Å². The van der Waals surface area contributed by atoms with Crippen molar-refractivity contribution in [2.45, 2.75) is 63.8 Å². The molecule has 9 nitrogen and oxygen atoms in total. The Morgan fingerprint density at radius 1 is 1.22 bits per heavy atom. The molecule has 210 valence electrons. The van der Waals surface area contributed by atoms with Crippen LogP contribution >= 0.6 is 11.3 Å². The van der Waals surface area contributed by atoms with Gasteiger partial charge in [-0.05, 0) is 84.0 Å². The summed E-state index contributed by atoms with van der Waals surface area (Å²) in [4.78, 5) is 19.0. The summed E-state index contributed by atoms with van der Waals surface area (Å²) in [7, 11) is 1.86. The van der Waals surface area contributed by atoms with E-state index in [1.54, 1.807) is 22.1 Å². The Morgan fingerprint density at radius 3 is 2.83 bits per heavy atom. The van der Waals surface area contributed by atoms with Crippen molar-refractivity contribution in [2.75, 3.05) is 0 Å². The largest absolute Gasteiger partial charge is 0.493 e. The van der Waals surface area contributed by atoms with Gasteiger partial charge in [-0.3, -0.25) is 9.69 Å². The van der Waals surface area contributed by atoms with Crippen LogP contribution in [0.4, 0.5) is 0 Å². The van der Waals surface area contributed by atoms with E-state index >= 15 is 0 Å². The summed E-state index contributed by atoms with van der Waals surface area (Å²) in [5, 5.41) is 31.8. The average Bonchev–Trinajstić information content (AvgIpc) is 3.41. The molecule has 1 saturated carbocycles. The van der Waals surface area contributed by atoms with Crippen LogP contribution < -0.4 is 4.74 Å². The number of rotatable bonds is 6. The Bertz CT molecular complexity index is 1820. The molecule has 1 aliphatic heterocycles. The van der Waals surface area contributed by atoms with E-state index in [4.69, 9.17) is 4.74 Å². The summed E-state index contributed by atoms with van der Waals surface area (Å²) in [5.41, 5.74) is 6.19. The van der Waals surface area contributed by atoms with E-state index in [0.29, 0.717) is 13.1 Å². The summed E-state index contributed by atoms with van der Waals surface area (Å²) in [6, 6.07) is 14.0. The highest BCUT2D eigenvalue weighted by Gasteiger charge is 2.54. The SMILES string of the molecule is Cc1c(C(CC(=O)O)c2cc(CN3Cc4nc(O)ccc4OC4(CC4)[C@@H]3C)c3sccc3c2)ccc2c1nnn2C. The van der Waals surface area contributed by atoms with Crippen LogP contribution in [0.5, 0.6) is 11.6 Å². The van der Waals surface area contributed by atoms with Gasteiger partial charge in [0, 0.05) is 42.9 Å². The van der Waals surface area contributed by atoms with Crippen LogP contribution in [0.2, 0.25) is 0 Å². The van der Waals surface area contributed by atoms with Gasteiger partial charge in [0.25, 0.3) is 0 Å². The molecule has 2 atom stereocenters. The molecule has 7 rings (SSSR count). The molecule has 0 amide bonds. The highest BCUT2D eigenvalue weighted by atomic mass is 32.1. The number of aromatic nitrogens is 4. The van der Waals surface area contributed by atoms with E-state index in [0.717, 1.165) is 63.0 Å². The number of hydrogen-bond donors (Lipinski definition) is 2. The lowest BCUT2D eigenvalue weighted by Crippen LogP contribution is -2.43. The normalized spacial score (nSPS) is 18.8. The summed E-state index contributed by atoms with van der Waals surface area (Å²) in [6.45, 7) is 5.40. The van der Waals surface area contributed by atoms with Gasteiger partial charge in [0.05, 0.1) is 11.9 Å². The third-order valence-electron chi connectivity index (χ3n) is 8.90. The second-order valence-electron chi connectivity index (χ2n) is 11.4. The maximum absolute atomic E-state index is 12.2. The summed E-state index contributed by atoms with van der Waals surface area (Å²) in [5.74, 6) is -0.472.